The second-order valence-corrected chi connectivity index (χ2v) is 9.28. The van der Waals surface area contributed by atoms with Gasteiger partial charge in [-0.1, -0.05) is 0 Å². The second-order valence-electron chi connectivity index (χ2n) is 9.28. The molecule has 2 fully saturated rings. The minimum atomic E-state index is -0.964. The SMILES string of the molecule is CNc1cc(-c2cn(C(C)C)c3ncccc23)nc2c(C(O)N[C@@H]3CC4C[C@]43O)cnn12. The summed E-state index contributed by atoms with van der Waals surface area (Å²) in [5, 5.41) is 33.1. The molecule has 6 rings (SSSR count). The van der Waals surface area contributed by atoms with Gasteiger partial charge in [0.2, 0.25) is 0 Å². The van der Waals surface area contributed by atoms with Gasteiger partial charge in [0.05, 0.1) is 23.1 Å². The Morgan fingerprint density at radius 3 is 2.81 bits per heavy atom. The summed E-state index contributed by atoms with van der Waals surface area (Å²) < 4.78 is 3.84. The van der Waals surface area contributed by atoms with Gasteiger partial charge in [0.15, 0.2) is 5.65 Å². The summed E-state index contributed by atoms with van der Waals surface area (Å²) in [6, 6.07) is 6.10. The largest absolute Gasteiger partial charge is 0.388 e. The van der Waals surface area contributed by atoms with Crippen LogP contribution in [0.3, 0.4) is 0 Å². The van der Waals surface area contributed by atoms with E-state index in [1.165, 1.54) is 0 Å². The van der Waals surface area contributed by atoms with E-state index < -0.39 is 11.8 Å². The maximum Gasteiger partial charge on any atom is 0.165 e. The first-order chi connectivity index (χ1) is 15.4. The molecule has 0 aromatic carbocycles. The lowest BCUT2D eigenvalue weighted by molar-refractivity contribution is -0.00562. The van der Waals surface area contributed by atoms with Crippen LogP contribution < -0.4 is 10.6 Å². The molecular weight excluding hydrogens is 406 g/mol. The number of nitrogens with zero attached hydrogens (tertiary/aromatic N) is 5. The first-order valence-electron chi connectivity index (χ1n) is 11.1. The quantitative estimate of drug-likeness (QED) is 0.346. The molecule has 2 aliphatic carbocycles. The van der Waals surface area contributed by atoms with Gasteiger partial charge in [-0.2, -0.15) is 9.61 Å². The molecule has 4 aromatic heterocycles. The van der Waals surface area contributed by atoms with Crippen molar-refractivity contribution >= 4 is 22.5 Å². The molecule has 0 bridgehead atoms. The normalized spacial score (nSPS) is 25.2. The standard InChI is InChI=1S/C23H27N7O2/c1-12(2)29-11-16(14-5-4-6-25-20(14)29)17-8-19(24-3)30-21(27-17)15(10-26-30)22(31)28-18-7-13-9-23(13,18)32/h4-6,8,10-13,18,22,24,28,31-32H,7,9H2,1-3H3/t13?,18-,22?,23+/m1/s1. The molecule has 0 radical (unpaired) electrons. The van der Waals surface area contributed by atoms with Crippen LogP contribution in [-0.4, -0.2) is 53.1 Å². The van der Waals surface area contributed by atoms with E-state index in [9.17, 15) is 10.2 Å². The summed E-state index contributed by atoms with van der Waals surface area (Å²) >= 11 is 0. The molecule has 4 heterocycles. The van der Waals surface area contributed by atoms with Crippen molar-refractivity contribution in [2.24, 2.45) is 5.92 Å². The van der Waals surface area contributed by atoms with Gasteiger partial charge in [-0.15, -0.1) is 0 Å². The predicted molar refractivity (Wildman–Crippen MR) is 121 cm³/mol. The third kappa shape index (κ3) is 2.71. The van der Waals surface area contributed by atoms with Gasteiger partial charge in [-0.25, -0.2) is 9.97 Å². The van der Waals surface area contributed by atoms with E-state index in [0.29, 0.717) is 17.1 Å². The topological polar surface area (TPSA) is 113 Å². The summed E-state index contributed by atoms with van der Waals surface area (Å²) in [7, 11) is 1.84. The Labute approximate surface area is 185 Å². The highest BCUT2D eigenvalue weighted by atomic mass is 16.3. The zero-order valence-electron chi connectivity index (χ0n) is 18.3. The first kappa shape index (κ1) is 19.7. The highest BCUT2D eigenvalue weighted by Gasteiger charge is 2.67. The average molecular weight is 434 g/mol. The van der Waals surface area contributed by atoms with E-state index in [-0.39, 0.29) is 12.1 Å². The number of pyridine rings is 1. The Morgan fingerprint density at radius 1 is 1.28 bits per heavy atom. The number of hydrogen-bond acceptors (Lipinski definition) is 7. The number of aromatic nitrogens is 5. The Balaban J connectivity index is 1.46. The lowest BCUT2D eigenvalue weighted by Gasteiger charge is -2.34. The maximum absolute atomic E-state index is 10.9. The van der Waals surface area contributed by atoms with Crippen molar-refractivity contribution in [2.75, 3.05) is 12.4 Å². The molecule has 0 spiro atoms. The zero-order valence-corrected chi connectivity index (χ0v) is 18.3. The molecule has 32 heavy (non-hydrogen) atoms. The minimum absolute atomic E-state index is 0.0977. The van der Waals surface area contributed by atoms with Crippen LogP contribution in [0.25, 0.3) is 27.9 Å². The van der Waals surface area contributed by atoms with Gasteiger partial charge in [-0.3, -0.25) is 5.32 Å². The number of aliphatic hydroxyl groups excluding tert-OH is 1. The molecular formula is C23H27N7O2. The fraction of sp³-hybridized carbons (Fsp3) is 0.435. The second kappa shape index (κ2) is 6.74. The van der Waals surface area contributed by atoms with Crippen LogP contribution in [0, 0.1) is 5.92 Å². The molecule has 9 nitrogen and oxygen atoms in total. The number of aliphatic hydroxyl groups is 2. The molecule has 2 saturated carbocycles. The highest BCUT2D eigenvalue weighted by molar-refractivity contribution is 5.93. The van der Waals surface area contributed by atoms with Crippen LogP contribution in [0.5, 0.6) is 0 Å². The van der Waals surface area contributed by atoms with Crippen molar-refractivity contribution in [2.45, 2.75) is 50.6 Å². The molecule has 2 aliphatic rings. The molecule has 4 aromatic rings. The summed E-state index contributed by atoms with van der Waals surface area (Å²) in [5.41, 5.74) is 3.17. The monoisotopic (exact) mass is 433 g/mol. The van der Waals surface area contributed by atoms with E-state index >= 15 is 0 Å². The first-order valence-corrected chi connectivity index (χ1v) is 11.1. The fourth-order valence-electron chi connectivity index (χ4n) is 5.04. The Bertz CT molecular complexity index is 1340. The molecule has 4 N–H and O–H groups in total. The molecule has 0 aliphatic heterocycles. The number of rotatable bonds is 6. The number of nitrogens with one attached hydrogen (secondary N) is 2. The minimum Gasteiger partial charge on any atom is -0.388 e. The van der Waals surface area contributed by atoms with Crippen molar-refractivity contribution in [3.63, 3.8) is 0 Å². The van der Waals surface area contributed by atoms with Crippen molar-refractivity contribution in [1.82, 2.24) is 29.5 Å². The summed E-state index contributed by atoms with van der Waals surface area (Å²) in [6.07, 6.45) is 6.26. The van der Waals surface area contributed by atoms with Crippen molar-refractivity contribution in [3.05, 3.63) is 42.4 Å². The van der Waals surface area contributed by atoms with Crippen LogP contribution in [0.15, 0.2) is 36.8 Å². The van der Waals surface area contributed by atoms with Crippen molar-refractivity contribution < 1.29 is 10.2 Å². The van der Waals surface area contributed by atoms with Gasteiger partial charge < -0.3 is 20.1 Å². The van der Waals surface area contributed by atoms with Crippen LogP contribution in [-0.2, 0) is 0 Å². The molecule has 4 atom stereocenters. The zero-order chi connectivity index (χ0) is 22.2. The van der Waals surface area contributed by atoms with E-state index in [4.69, 9.17) is 4.98 Å². The van der Waals surface area contributed by atoms with Gasteiger partial charge in [-0.05, 0) is 44.7 Å². The highest BCUT2D eigenvalue weighted by Crippen LogP contribution is 2.59. The molecule has 166 valence electrons. The van der Waals surface area contributed by atoms with Gasteiger partial charge in [0.1, 0.15) is 17.7 Å². The predicted octanol–water partition coefficient (Wildman–Crippen LogP) is 2.47. The smallest absolute Gasteiger partial charge is 0.165 e. The molecule has 0 saturated heterocycles. The number of anilines is 1. The number of fused-ring (bicyclic) bond motifs is 3. The molecule has 0 amide bonds. The average Bonchev–Trinajstić information content (AvgIpc) is 3.15. The Morgan fingerprint density at radius 2 is 2.12 bits per heavy atom. The van der Waals surface area contributed by atoms with Crippen molar-refractivity contribution in [3.8, 4) is 11.3 Å². The molecule has 9 heteroatoms. The summed E-state index contributed by atoms with van der Waals surface area (Å²) in [4.78, 5) is 9.50. The lowest BCUT2D eigenvalue weighted by Crippen LogP contribution is -2.51. The number of hydrogen-bond donors (Lipinski definition) is 4. The maximum atomic E-state index is 10.9. The molecule has 2 unspecified atom stereocenters. The van der Waals surface area contributed by atoms with Gasteiger partial charge in [0, 0.05) is 48.5 Å². The van der Waals surface area contributed by atoms with Crippen molar-refractivity contribution in [1.29, 1.82) is 0 Å². The van der Waals surface area contributed by atoms with Gasteiger partial charge >= 0.3 is 0 Å². The van der Waals surface area contributed by atoms with Crippen LogP contribution in [0.4, 0.5) is 5.82 Å². The van der Waals surface area contributed by atoms with E-state index in [1.807, 2.05) is 19.2 Å². The van der Waals surface area contributed by atoms with Crippen LogP contribution >= 0.6 is 0 Å². The Kier molecular flexibility index (Phi) is 4.14. The third-order valence-corrected chi connectivity index (χ3v) is 7.07. The van der Waals surface area contributed by atoms with Crippen LogP contribution in [0.1, 0.15) is 44.5 Å². The van der Waals surface area contributed by atoms with Gasteiger partial charge in [0.25, 0.3) is 0 Å². The van der Waals surface area contributed by atoms with E-state index in [2.05, 4.69) is 51.4 Å². The van der Waals surface area contributed by atoms with E-state index in [0.717, 1.165) is 41.0 Å². The summed E-state index contributed by atoms with van der Waals surface area (Å²) in [6.45, 7) is 4.26. The third-order valence-electron chi connectivity index (χ3n) is 7.07. The van der Waals surface area contributed by atoms with E-state index in [1.54, 1.807) is 16.9 Å². The lowest BCUT2D eigenvalue weighted by atomic mass is 9.89. The fourth-order valence-corrected chi connectivity index (χ4v) is 5.04. The Hall–Kier alpha value is -3.01. The summed E-state index contributed by atoms with van der Waals surface area (Å²) in [5.74, 6) is 1.14. The van der Waals surface area contributed by atoms with Crippen LogP contribution in [0.2, 0.25) is 0 Å².